The first kappa shape index (κ1) is 27.5. The van der Waals surface area contributed by atoms with Gasteiger partial charge in [0.05, 0.1) is 35.6 Å². The summed E-state index contributed by atoms with van der Waals surface area (Å²) < 4.78 is 8.75. The van der Waals surface area contributed by atoms with Crippen molar-refractivity contribution in [2.45, 2.75) is 40.0 Å². The van der Waals surface area contributed by atoms with Crippen LogP contribution in [-0.4, -0.2) is 23.3 Å². The van der Waals surface area contributed by atoms with Crippen LogP contribution in [0.4, 0.5) is 22.7 Å². The van der Waals surface area contributed by atoms with Crippen LogP contribution in [0.25, 0.3) is 32.5 Å². The Kier molecular flexibility index (Phi) is 6.37. The Morgan fingerprint density at radius 1 is 0.795 bits per heavy atom. The van der Waals surface area contributed by atoms with Gasteiger partial charge in [0.15, 0.2) is 5.69 Å². The van der Waals surface area contributed by atoms with Crippen LogP contribution in [0.1, 0.15) is 37.5 Å². The van der Waals surface area contributed by atoms with E-state index in [2.05, 4.69) is 122 Å². The van der Waals surface area contributed by atoms with Crippen LogP contribution in [0.3, 0.4) is 0 Å². The molecule has 0 radical (unpaired) electrons. The Labute approximate surface area is 258 Å². The van der Waals surface area contributed by atoms with Crippen molar-refractivity contribution in [3.05, 3.63) is 119 Å². The van der Waals surface area contributed by atoms with Crippen LogP contribution < -0.4 is 14.5 Å². The smallest absolute Gasteiger partial charge is 0.192 e. The molecule has 0 saturated carbocycles. The number of rotatable bonds is 4. The Balaban J connectivity index is 1.32. The van der Waals surface area contributed by atoms with Crippen LogP contribution in [0, 0.1) is 20.4 Å². The second-order valence-electron chi connectivity index (χ2n) is 12.8. The second kappa shape index (κ2) is 10.2. The van der Waals surface area contributed by atoms with Crippen LogP contribution in [0.15, 0.2) is 91.1 Å². The summed E-state index contributed by atoms with van der Waals surface area (Å²) in [5.74, 6) is 2.20. The van der Waals surface area contributed by atoms with Crippen molar-refractivity contribution in [1.82, 2.24) is 9.55 Å². The Bertz CT molecular complexity index is 2130. The molecular formula is C38H35N5O. The van der Waals surface area contributed by atoms with Crippen molar-refractivity contribution < 1.29 is 4.74 Å². The topological polar surface area (TPSA) is 37.9 Å². The first-order valence-corrected chi connectivity index (χ1v) is 14.9. The van der Waals surface area contributed by atoms with E-state index in [1.54, 1.807) is 0 Å². The minimum absolute atomic E-state index is 0.00145. The van der Waals surface area contributed by atoms with Gasteiger partial charge in [0.2, 0.25) is 0 Å². The number of ether oxygens (including phenoxy) is 1. The molecule has 0 bridgehead atoms. The molecule has 218 valence electrons. The van der Waals surface area contributed by atoms with Crippen molar-refractivity contribution in [3.8, 4) is 17.3 Å². The van der Waals surface area contributed by atoms with Crippen molar-refractivity contribution in [2.24, 2.45) is 0 Å². The van der Waals surface area contributed by atoms with E-state index in [0.29, 0.717) is 23.9 Å². The highest BCUT2D eigenvalue weighted by Gasteiger charge is 2.26. The summed E-state index contributed by atoms with van der Waals surface area (Å²) >= 11 is 0. The predicted molar refractivity (Wildman–Crippen MR) is 181 cm³/mol. The molecule has 0 spiro atoms. The lowest BCUT2D eigenvalue weighted by Crippen LogP contribution is -2.23. The fourth-order valence-electron chi connectivity index (χ4n) is 6.14. The molecule has 0 amide bonds. The average Bonchev–Trinajstić information content (AvgIpc) is 3.50. The van der Waals surface area contributed by atoms with Crippen molar-refractivity contribution >= 4 is 44.6 Å². The minimum atomic E-state index is -0.00145. The van der Waals surface area contributed by atoms with E-state index >= 15 is 0 Å². The van der Waals surface area contributed by atoms with Crippen LogP contribution >= 0.6 is 0 Å². The summed E-state index contributed by atoms with van der Waals surface area (Å²) in [4.78, 5) is 13.1. The standard InChI is InChI=1S/C38H35N5O/c1-24-16-35-36(17-25(24)2)42(23-41(35)7)28-19-27(39-6)20-30(21-28)44-29-12-13-32-31-10-8-9-11-33(31)43(34(32)22-29)37-18-26(14-15-40-37)38(3,4)5/h8-22H,23H2,1-5,7H3. The van der Waals surface area contributed by atoms with E-state index < -0.39 is 0 Å². The molecule has 0 atom stereocenters. The molecule has 1 aliphatic rings. The molecule has 3 heterocycles. The van der Waals surface area contributed by atoms with E-state index in [1.807, 2.05) is 30.5 Å². The molecule has 0 fully saturated rings. The summed E-state index contributed by atoms with van der Waals surface area (Å²) in [6, 6.07) is 29.2. The van der Waals surface area contributed by atoms with Crippen molar-refractivity contribution in [2.75, 3.05) is 23.5 Å². The van der Waals surface area contributed by atoms with Gasteiger partial charge in [-0.2, -0.15) is 0 Å². The number of nitrogens with zero attached hydrogens (tertiary/aromatic N) is 5. The van der Waals surface area contributed by atoms with Crippen LogP contribution in [-0.2, 0) is 5.41 Å². The molecule has 6 nitrogen and oxygen atoms in total. The zero-order valence-electron chi connectivity index (χ0n) is 26.0. The lowest BCUT2D eigenvalue weighted by Gasteiger charge is -2.21. The van der Waals surface area contributed by atoms with Crippen LogP contribution in [0.2, 0.25) is 0 Å². The molecule has 6 heteroatoms. The van der Waals surface area contributed by atoms with Gasteiger partial charge in [-0.05, 0) is 90.6 Å². The van der Waals surface area contributed by atoms with E-state index in [0.717, 1.165) is 39.0 Å². The maximum Gasteiger partial charge on any atom is 0.192 e. The molecule has 6 aromatic rings. The third-order valence-corrected chi connectivity index (χ3v) is 8.68. The Morgan fingerprint density at radius 2 is 1.55 bits per heavy atom. The lowest BCUT2D eigenvalue weighted by molar-refractivity contribution is 0.483. The fraction of sp³-hybridized carbons (Fsp3) is 0.211. The number of aromatic nitrogens is 2. The monoisotopic (exact) mass is 577 g/mol. The highest BCUT2D eigenvalue weighted by molar-refractivity contribution is 6.09. The van der Waals surface area contributed by atoms with E-state index in [1.165, 1.54) is 22.4 Å². The van der Waals surface area contributed by atoms with Crippen LogP contribution in [0.5, 0.6) is 11.5 Å². The van der Waals surface area contributed by atoms with Gasteiger partial charge in [-0.3, -0.25) is 4.57 Å². The Morgan fingerprint density at radius 3 is 2.32 bits per heavy atom. The number of pyridine rings is 1. The minimum Gasteiger partial charge on any atom is -0.459 e. The third kappa shape index (κ3) is 4.62. The van der Waals surface area contributed by atoms with Crippen molar-refractivity contribution in [1.29, 1.82) is 0 Å². The highest BCUT2D eigenvalue weighted by Crippen LogP contribution is 2.44. The molecule has 44 heavy (non-hydrogen) atoms. The number of hydrogen-bond donors (Lipinski definition) is 0. The molecule has 0 unspecified atom stereocenters. The van der Waals surface area contributed by atoms with Gasteiger partial charge in [-0.15, -0.1) is 0 Å². The molecule has 0 saturated heterocycles. The van der Waals surface area contributed by atoms with E-state index in [-0.39, 0.29) is 5.41 Å². The zero-order valence-corrected chi connectivity index (χ0v) is 26.0. The summed E-state index contributed by atoms with van der Waals surface area (Å²) in [6.07, 6.45) is 1.89. The SMILES string of the molecule is [C-]#[N+]c1cc(Oc2ccc3c4ccccc4n(-c4cc(C(C)(C)C)ccn4)c3c2)cc(N2CN(C)c3cc(C)c(C)cc32)c1. The Hall–Kier alpha value is -5.28. The summed E-state index contributed by atoms with van der Waals surface area (Å²) in [6.45, 7) is 19.5. The van der Waals surface area contributed by atoms with Crippen molar-refractivity contribution in [3.63, 3.8) is 0 Å². The normalized spacial score (nSPS) is 13.0. The summed E-state index contributed by atoms with van der Waals surface area (Å²) in [5, 5.41) is 2.30. The zero-order chi connectivity index (χ0) is 30.7. The maximum absolute atomic E-state index is 7.82. The molecule has 0 aliphatic carbocycles. The molecule has 2 aromatic heterocycles. The average molecular weight is 578 g/mol. The van der Waals surface area contributed by atoms with Gasteiger partial charge >= 0.3 is 0 Å². The maximum atomic E-state index is 7.82. The van der Waals surface area contributed by atoms with Gasteiger partial charge < -0.3 is 14.5 Å². The molecular weight excluding hydrogens is 542 g/mol. The lowest BCUT2D eigenvalue weighted by atomic mass is 9.88. The number of benzene rings is 4. The molecule has 4 aromatic carbocycles. The van der Waals surface area contributed by atoms with E-state index in [9.17, 15) is 0 Å². The predicted octanol–water partition coefficient (Wildman–Crippen LogP) is 9.98. The highest BCUT2D eigenvalue weighted by atomic mass is 16.5. The molecule has 7 rings (SSSR count). The number of aryl methyl sites for hydroxylation is 2. The molecule has 0 N–H and O–H groups in total. The first-order chi connectivity index (χ1) is 21.1. The first-order valence-electron chi connectivity index (χ1n) is 14.9. The summed E-state index contributed by atoms with van der Waals surface area (Å²) in [7, 11) is 2.10. The third-order valence-electron chi connectivity index (χ3n) is 8.68. The number of fused-ring (bicyclic) bond motifs is 4. The largest absolute Gasteiger partial charge is 0.459 e. The molecule has 1 aliphatic heterocycles. The number of para-hydroxylation sites is 1. The van der Waals surface area contributed by atoms with Gasteiger partial charge in [0, 0.05) is 41.8 Å². The van der Waals surface area contributed by atoms with Gasteiger partial charge in [-0.25, -0.2) is 9.83 Å². The second-order valence-corrected chi connectivity index (χ2v) is 12.8. The quantitative estimate of drug-likeness (QED) is 0.195. The summed E-state index contributed by atoms with van der Waals surface area (Å²) in [5.41, 5.74) is 9.64. The number of hydrogen-bond acceptors (Lipinski definition) is 4. The van der Waals surface area contributed by atoms with Gasteiger partial charge in [0.25, 0.3) is 0 Å². The fourth-order valence-corrected chi connectivity index (χ4v) is 6.14. The van der Waals surface area contributed by atoms with Gasteiger partial charge in [-0.1, -0.05) is 39.0 Å². The van der Waals surface area contributed by atoms with Gasteiger partial charge in [0.1, 0.15) is 17.3 Å². The van der Waals surface area contributed by atoms with E-state index in [4.69, 9.17) is 16.3 Å². The number of anilines is 3.